The van der Waals surface area contributed by atoms with Crippen molar-refractivity contribution >= 4 is 34.2 Å². The summed E-state index contributed by atoms with van der Waals surface area (Å²) in [5.74, 6) is 0.525. The molecule has 0 N–H and O–H groups in total. The fourth-order valence-corrected chi connectivity index (χ4v) is 3.44. The molecular formula is C21H13Cl2F3N2. The summed E-state index contributed by atoms with van der Waals surface area (Å²) in [4.78, 5) is 4.60. The Morgan fingerprint density at radius 2 is 1.54 bits per heavy atom. The minimum absolute atomic E-state index is 0.319. The van der Waals surface area contributed by atoms with E-state index in [4.69, 9.17) is 23.2 Å². The molecule has 4 aromatic rings. The molecule has 0 fully saturated rings. The summed E-state index contributed by atoms with van der Waals surface area (Å²) in [6.45, 7) is 0.492. The van der Waals surface area contributed by atoms with Crippen LogP contribution in [0.1, 0.15) is 11.1 Å². The van der Waals surface area contributed by atoms with Crippen LogP contribution in [-0.2, 0) is 12.7 Å². The Morgan fingerprint density at radius 3 is 2.18 bits per heavy atom. The number of aromatic nitrogens is 2. The third-order valence-corrected chi connectivity index (χ3v) is 5.26. The van der Waals surface area contributed by atoms with E-state index in [9.17, 15) is 13.2 Å². The molecule has 0 aliphatic carbocycles. The van der Waals surface area contributed by atoms with Gasteiger partial charge in [-0.05, 0) is 29.8 Å². The van der Waals surface area contributed by atoms with E-state index in [1.165, 1.54) is 12.1 Å². The van der Waals surface area contributed by atoms with Gasteiger partial charge in [0.05, 0.1) is 21.1 Å². The van der Waals surface area contributed by atoms with Gasteiger partial charge in [-0.25, -0.2) is 4.98 Å². The second-order valence-electron chi connectivity index (χ2n) is 6.31. The second kappa shape index (κ2) is 7.15. The first-order valence-electron chi connectivity index (χ1n) is 8.40. The first kappa shape index (κ1) is 18.8. The van der Waals surface area contributed by atoms with Gasteiger partial charge in [0.1, 0.15) is 11.3 Å². The van der Waals surface area contributed by atoms with Crippen LogP contribution in [0.4, 0.5) is 13.2 Å². The number of imidazole rings is 1. The highest BCUT2D eigenvalue weighted by Gasteiger charge is 2.30. The Hall–Kier alpha value is -2.50. The molecule has 2 nitrogen and oxygen atoms in total. The molecule has 0 aliphatic rings. The maximum atomic E-state index is 12.9. The summed E-state index contributed by atoms with van der Waals surface area (Å²) in [5.41, 5.74) is 2.16. The van der Waals surface area contributed by atoms with E-state index >= 15 is 0 Å². The first-order chi connectivity index (χ1) is 13.3. The number of nitrogens with zero attached hydrogens (tertiary/aromatic N) is 2. The average Bonchev–Trinajstić information content (AvgIpc) is 3.04. The third kappa shape index (κ3) is 3.48. The van der Waals surface area contributed by atoms with E-state index in [2.05, 4.69) is 4.98 Å². The van der Waals surface area contributed by atoms with Crippen LogP contribution in [0.2, 0.25) is 10.0 Å². The van der Waals surface area contributed by atoms with Crippen molar-refractivity contribution in [2.75, 3.05) is 0 Å². The zero-order chi connectivity index (χ0) is 19.9. The van der Waals surface area contributed by atoms with Gasteiger partial charge in [0.25, 0.3) is 0 Å². The second-order valence-corrected chi connectivity index (χ2v) is 7.10. The quantitative estimate of drug-likeness (QED) is 0.346. The Bertz CT molecular complexity index is 1130. The van der Waals surface area contributed by atoms with Crippen molar-refractivity contribution in [3.63, 3.8) is 0 Å². The van der Waals surface area contributed by atoms with Crippen LogP contribution in [0.5, 0.6) is 0 Å². The molecule has 0 saturated heterocycles. The van der Waals surface area contributed by atoms with Crippen molar-refractivity contribution in [2.45, 2.75) is 12.7 Å². The molecule has 1 aromatic heterocycles. The van der Waals surface area contributed by atoms with Gasteiger partial charge in [-0.1, -0.05) is 65.7 Å². The summed E-state index contributed by atoms with van der Waals surface area (Å²) in [6.07, 6.45) is -4.39. The average molecular weight is 421 g/mol. The molecule has 0 unspecified atom stereocenters. The Morgan fingerprint density at radius 1 is 0.857 bits per heavy atom. The highest BCUT2D eigenvalue weighted by molar-refractivity contribution is 6.45. The van der Waals surface area contributed by atoms with Crippen molar-refractivity contribution in [1.29, 1.82) is 0 Å². The Labute approximate surface area is 169 Å². The number of hydrogen-bond donors (Lipinski definition) is 0. The molecule has 142 valence electrons. The summed E-state index contributed by atoms with van der Waals surface area (Å²) < 4.78 is 40.6. The number of rotatable bonds is 3. The van der Waals surface area contributed by atoms with Gasteiger partial charge in [-0.15, -0.1) is 0 Å². The van der Waals surface area contributed by atoms with Gasteiger partial charge in [0.15, 0.2) is 0 Å². The molecule has 7 heteroatoms. The molecule has 28 heavy (non-hydrogen) atoms. The molecule has 0 radical (unpaired) electrons. The summed E-state index contributed by atoms with van der Waals surface area (Å²) >= 11 is 12.5. The highest BCUT2D eigenvalue weighted by Crippen LogP contribution is 2.35. The van der Waals surface area contributed by atoms with Crippen LogP contribution in [0.3, 0.4) is 0 Å². The van der Waals surface area contributed by atoms with Crippen molar-refractivity contribution < 1.29 is 13.2 Å². The minimum atomic E-state index is -4.39. The van der Waals surface area contributed by atoms with Crippen molar-refractivity contribution in [1.82, 2.24) is 9.55 Å². The third-order valence-electron chi connectivity index (χ3n) is 4.47. The monoisotopic (exact) mass is 420 g/mol. The van der Waals surface area contributed by atoms with E-state index in [1.54, 1.807) is 6.07 Å². The van der Waals surface area contributed by atoms with Gasteiger partial charge < -0.3 is 4.57 Å². The molecule has 0 aliphatic heterocycles. The van der Waals surface area contributed by atoms with Gasteiger partial charge in [0.2, 0.25) is 0 Å². The predicted molar refractivity (Wildman–Crippen MR) is 106 cm³/mol. The lowest BCUT2D eigenvalue weighted by Crippen LogP contribution is -2.05. The predicted octanol–water partition coefficient (Wildman–Crippen LogP) is 7.08. The zero-order valence-electron chi connectivity index (χ0n) is 14.3. The van der Waals surface area contributed by atoms with Crippen LogP contribution in [0.25, 0.3) is 22.4 Å². The van der Waals surface area contributed by atoms with Crippen molar-refractivity contribution in [3.8, 4) is 11.4 Å². The van der Waals surface area contributed by atoms with Crippen LogP contribution in [0.15, 0.2) is 66.7 Å². The van der Waals surface area contributed by atoms with Gasteiger partial charge in [-0.2, -0.15) is 13.2 Å². The molecule has 3 aromatic carbocycles. The summed E-state index contributed by atoms with van der Waals surface area (Å²) in [7, 11) is 0. The smallest absolute Gasteiger partial charge is 0.319 e. The standard InChI is InChI=1S/C21H13Cl2F3N2/c22-16-10-11-17-19(18(16)23)27-20(28(17)12-13-4-2-1-3-5-13)14-6-8-15(9-7-14)21(24,25)26/h1-11H,12H2. The fraction of sp³-hybridized carbons (Fsp3) is 0.0952. The zero-order valence-corrected chi connectivity index (χ0v) is 15.9. The van der Waals surface area contributed by atoms with Gasteiger partial charge in [0, 0.05) is 12.1 Å². The van der Waals surface area contributed by atoms with Crippen molar-refractivity contribution in [2.24, 2.45) is 0 Å². The van der Waals surface area contributed by atoms with Gasteiger partial charge in [-0.3, -0.25) is 0 Å². The van der Waals surface area contributed by atoms with E-state index < -0.39 is 11.7 Å². The van der Waals surface area contributed by atoms with E-state index in [0.29, 0.717) is 33.5 Å². The van der Waals surface area contributed by atoms with Crippen LogP contribution >= 0.6 is 23.2 Å². The number of halogens is 5. The van der Waals surface area contributed by atoms with E-state index in [-0.39, 0.29) is 0 Å². The molecule has 0 amide bonds. The summed E-state index contributed by atoms with van der Waals surface area (Å²) in [6, 6.07) is 18.2. The van der Waals surface area contributed by atoms with E-state index in [1.807, 2.05) is 41.0 Å². The molecule has 0 saturated carbocycles. The highest BCUT2D eigenvalue weighted by atomic mass is 35.5. The van der Waals surface area contributed by atoms with Crippen molar-refractivity contribution in [3.05, 3.63) is 87.9 Å². The molecule has 0 atom stereocenters. The largest absolute Gasteiger partial charge is 0.416 e. The number of hydrogen-bond acceptors (Lipinski definition) is 1. The van der Waals surface area contributed by atoms with Gasteiger partial charge >= 0.3 is 6.18 Å². The SMILES string of the molecule is FC(F)(F)c1ccc(-c2nc3c(Cl)c(Cl)ccc3n2Cc2ccccc2)cc1. The molecule has 4 rings (SSSR count). The molecule has 0 spiro atoms. The number of alkyl halides is 3. The maximum Gasteiger partial charge on any atom is 0.416 e. The molecular weight excluding hydrogens is 408 g/mol. The Kier molecular flexibility index (Phi) is 4.81. The lowest BCUT2D eigenvalue weighted by Gasteiger charge is -2.11. The Balaban J connectivity index is 1.89. The first-order valence-corrected chi connectivity index (χ1v) is 9.16. The molecule has 1 heterocycles. The minimum Gasteiger partial charge on any atom is -0.319 e. The van der Waals surface area contributed by atoms with Crippen LogP contribution < -0.4 is 0 Å². The lowest BCUT2D eigenvalue weighted by atomic mass is 10.1. The summed E-state index contributed by atoms with van der Waals surface area (Å²) in [5, 5.41) is 0.691. The van der Waals surface area contributed by atoms with E-state index in [0.717, 1.165) is 23.2 Å². The maximum absolute atomic E-state index is 12.9. The lowest BCUT2D eigenvalue weighted by molar-refractivity contribution is -0.137. The fourth-order valence-electron chi connectivity index (χ4n) is 3.09. The van der Waals surface area contributed by atoms with Crippen LogP contribution in [0, 0.1) is 0 Å². The topological polar surface area (TPSA) is 17.8 Å². The normalized spacial score (nSPS) is 11.9. The molecule has 0 bridgehead atoms. The number of fused-ring (bicyclic) bond motifs is 1. The van der Waals surface area contributed by atoms with Crippen LogP contribution in [-0.4, -0.2) is 9.55 Å². The number of benzene rings is 3.